The number of nitrogens with one attached hydrogen (secondary N) is 1. The first-order chi connectivity index (χ1) is 12.4. The Morgan fingerprint density at radius 3 is 2.62 bits per heavy atom. The first kappa shape index (κ1) is 18.4. The number of aliphatic hydroxyl groups excluding tert-OH is 1. The van der Waals surface area contributed by atoms with Crippen LogP contribution in [0.2, 0.25) is 0 Å². The molecule has 0 aliphatic heterocycles. The molecule has 0 radical (unpaired) electrons. The number of benzene rings is 1. The molecule has 0 saturated carbocycles. The van der Waals surface area contributed by atoms with Crippen LogP contribution in [0.5, 0.6) is 0 Å². The van der Waals surface area contributed by atoms with Gasteiger partial charge in [-0.15, -0.1) is 11.3 Å². The van der Waals surface area contributed by atoms with Gasteiger partial charge in [-0.3, -0.25) is 4.79 Å². The lowest BCUT2D eigenvalue weighted by molar-refractivity contribution is 0.0946. The van der Waals surface area contributed by atoms with E-state index in [4.69, 9.17) is 0 Å². The van der Waals surface area contributed by atoms with E-state index in [2.05, 4.69) is 20.3 Å². The highest BCUT2D eigenvalue weighted by molar-refractivity contribution is 7.18. The summed E-state index contributed by atoms with van der Waals surface area (Å²) in [6.45, 7) is 5.58. The van der Waals surface area contributed by atoms with Gasteiger partial charge in [-0.2, -0.15) is 4.98 Å². The lowest BCUT2D eigenvalue weighted by Crippen LogP contribution is -2.13. The normalized spacial score (nSPS) is 13.5. The van der Waals surface area contributed by atoms with Gasteiger partial charge in [-0.1, -0.05) is 30.3 Å². The van der Waals surface area contributed by atoms with Gasteiger partial charge >= 0.3 is 0 Å². The quantitative estimate of drug-likeness (QED) is 0.613. The second kappa shape index (κ2) is 7.88. The van der Waals surface area contributed by atoms with Crippen molar-refractivity contribution in [2.45, 2.75) is 45.8 Å². The van der Waals surface area contributed by atoms with Crippen molar-refractivity contribution in [3.05, 3.63) is 46.6 Å². The van der Waals surface area contributed by atoms with Gasteiger partial charge in [-0.25, -0.2) is 9.97 Å². The average Bonchev–Trinajstić information content (AvgIpc) is 2.99. The van der Waals surface area contributed by atoms with Gasteiger partial charge in [0.05, 0.1) is 17.2 Å². The van der Waals surface area contributed by atoms with Crippen LogP contribution in [0, 0.1) is 6.92 Å². The Bertz CT molecular complexity index is 909. The summed E-state index contributed by atoms with van der Waals surface area (Å²) in [5, 5.41) is 13.6. The molecule has 136 valence electrons. The number of hydrogen-bond donors (Lipinski definition) is 2. The third-order valence-electron chi connectivity index (χ3n) is 4.06. The maximum absolute atomic E-state index is 12.6. The molecule has 7 heteroatoms. The first-order valence-electron chi connectivity index (χ1n) is 8.62. The van der Waals surface area contributed by atoms with E-state index in [1.807, 2.05) is 44.2 Å². The second-order valence-corrected chi connectivity index (χ2v) is 7.57. The lowest BCUT2D eigenvalue weighted by atomic mass is 10.1. The number of ketones is 1. The number of carbonyl (C=O) groups excluding carboxylic acids is 1. The minimum Gasteiger partial charge on any atom is -0.393 e. The Kier molecular flexibility index (Phi) is 5.58. The monoisotopic (exact) mass is 370 g/mol. The number of hydrogen-bond acceptors (Lipinski definition) is 7. The predicted molar refractivity (Wildman–Crippen MR) is 104 cm³/mol. The Hall–Kier alpha value is -2.38. The zero-order valence-electron chi connectivity index (χ0n) is 15.1. The molecule has 0 spiro atoms. The lowest BCUT2D eigenvalue weighted by Gasteiger charge is -2.14. The van der Waals surface area contributed by atoms with Gasteiger partial charge in [0.25, 0.3) is 0 Å². The number of aryl methyl sites for hydroxylation is 1. The predicted octanol–water partition coefficient (Wildman–Crippen LogP) is 3.91. The van der Waals surface area contributed by atoms with Gasteiger partial charge in [0.15, 0.2) is 11.4 Å². The molecule has 0 unspecified atom stereocenters. The third kappa shape index (κ3) is 4.23. The maximum Gasteiger partial charge on any atom is 0.225 e. The molecule has 26 heavy (non-hydrogen) atoms. The van der Waals surface area contributed by atoms with E-state index >= 15 is 0 Å². The fourth-order valence-electron chi connectivity index (χ4n) is 2.66. The molecule has 2 atom stereocenters. The van der Waals surface area contributed by atoms with Gasteiger partial charge in [0, 0.05) is 6.42 Å². The molecule has 2 N–H and O–H groups in total. The van der Waals surface area contributed by atoms with Crippen LogP contribution in [0.3, 0.4) is 0 Å². The number of aromatic nitrogens is 3. The molecule has 6 nitrogen and oxygen atoms in total. The highest BCUT2D eigenvalue weighted by Crippen LogP contribution is 2.27. The van der Waals surface area contributed by atoms with Crippen LogP contribution in [0.1, 0.15) is 53.8 Å². The molecule has 0 aliphatic rings. The fourth-order valence-corrected chi connectivity index (χ4v) is 3.52. The average molecular weight is 370 g/mol. The van der Waals surface area contributed by atoms with Crippen molar-refractivity contribution in [1.82, 2.24) is 15.0 Å². The number of carbonyl (C=O) groups is 1. The number of thiazole rings is 1. The van der Waals surface area contributed by atoms with Crippen molar-refractivity contribution in [2.75, 3.05) is 5.32 Å². The number of Topliss-reactive ketones (excluding diaryl/α,β-unsaturated/α-hetero) is 1. The summed E-state index contributed by atoms with van der Waals surface area (Å²) in [6.07, 6.45) is 0.134. The molecule has 0 fully saturated rings. The number of nitrogens with zero attached hydrogens (tertiary/aromatic N) is 3. The summed E-state index contributed by atoms with van der Waals surface area (Å²) in [5.74, 6) is 0.289. The first-order valence-corrected chi connectivity index (χ1v) is 9.43. The second-order valence-electron chi connectivity index (χ2n) is 6.37. The van der Waals surface area contributed by atoms with Crippen molar-refractivity contribution < 1.29 is 9.90 Å². The Labute approximate surface area is 156 Å². The largest absolute Gasteiger partial charge is 0.393 e. The zero-order valence-corrected chi connectivity index (χ0v) is 15.9. The zero-order chi connectivity index (χ0) is 18.7. The molecule has 0 bridgehead atoms. The smallest absolute Gasteiger partial charge is 0.225 e. The highest BCUT2D eigenvalue weighted by atomic mass is 32.1. The molecule has 3 aromatic rings. The summed E-state index contributed by atoms with van der Waals surface area (Å²) in [6, 6.07) is 9.97. The Balaban J connectivity index is 1.92. The summed E-state index contributed by atoms with van der Waals surface area (Å²) >= 11 is 1.42. The minimum absolute atomic E-state index is 0.00574. The standard InChI is InChI=1S/C19H22N4O2S/c1-11(24)9-10-15(25)16-17-18(21-13(3)26-17)23-19(22-16)20-12(2)14-7-5-4-6-8-14/h4-8,11-12,24H,9-10H2,1-3H3,(H,20,22,23)/t11-,12-/m0/s1. The molecule has 2 aromatic heterocycles. The number of anilines is 1. The van der Waals surface area contributed by atoms with Crippen molar-refractivity contribution in [1.29, 1.82) is 0 Å². The van der Waals surface area contributed by atoms with Crippen LogP contribution in [-0.2, 0) is 0 Å². The Morgan fingerprint density at radius 1 is 1.19 bits per heavy atom. The van der Waals surface area contributed by atoms with Crippen LogP contribution in [-0.4, -0.2) is 31.9 Å². The topological polar surface area (TPSA) is 88.0 Å². The van der Waals surface area contributed by atoms with E-state index in [9.17, 15) is 9.90 Å². The van der Waals surface area contributed by atoms with Crippen molar-refractivity contribution in [3.63, 3.8) is 0 Å². The molecule has 1 aromatic carbocycles. The van der Waals surface area contributed by atoms with E-state index in [1.54, 1.807) is 6.92 Å². The number of fused-ring (bicyclic) bond motifs is 1. The SMILES string of the molecule is Cc1nc2nc(N[C@@H](C)c3ccccc3)nc(C(=O)CC[C@H](C)O)c2s1. The van der Waals surface area contributed by atoms with Crippen molar-refractivity contribution in [2.24, 2.45) is 0 Å². The van der Waals surface area contributed by atoms with E-state index in [-0.39, 0.29) is 18.2 Å². The van der Waals surface area contributed by atoms with Crippen LogP contribution < -0.4 is 5.32 Å². The van der Waals surface area contributed by atoms with E-state index in [1.165, 1.54) is 11.3 Å². The summed E-state index contributed by atoms with van der Waals surface area (Å²) < 4.78 is 0.705. The highest BCUT2D eigenvalue weighted by Gasteiger charge is 2.19. The van der Waals surface area contributed by atoms with Crippen LogP contribution in [0.4, 0.5) is 5.95 Å². The van der Waals surface area contributed by atoms with Gasteiger partial charge < -0.3 is 10.4 Å². The van der Waals surface area contributed by atoms with Crippen molar-refractivity contribution in [3.8, 4) is 0 Å². The summed E-state index contributed by atoms with van der Waals surface area (Å²) in [4.78, 5) is 26.0. The van der Waals surface area contributed by atoms with Gasteiger partial charge in [-0.05, 0) is 32.8 Å². The molecule has 0 saturated heterocycles. The fraction of sp³-hybridized carbons (Fsp3) is 0.368. The van der Waals surface area contributed by atoms with Crippen molar-refractivity contribution >= 4 is 33.4 Å². The summed E-state index contributed by atoms with van der Waals surface area (Å²) in [7, 11) is 0. The molecule has 0 aliphatic carbocycles. The number of rotatable bonds is 7. The van der Waals surface area contributed by atoms with E-state index in [0.717, 1.165) is 10.6 Å². The molecular formula is C19H22N4O2S. The summed E-state index contributed by atoms with van der Waals surface area (Å²) in [5.41, 5.74) is 2.02. The molecule has 3 rings (SSSR count). The van der Waals surface area contributed by atoms with Crippen LogP contribution in [0.25, 0.3) is 10.3 Å². The van der Waals surface area contributed by atoms with Gasteiger partial charge in [0.1, 0.15) is 10.4 Å². The van der Waals surface area contributed by atoms with Gasteiger partial charge in [0.2, 0.25) is 5.95 Å². The molecule has 2 heterocycles. The number of aliphatic hydroxyl groups is 1. The molecular weight excluding hydrogens is 348 g/mol. The third-order valence-corrected chi connectivity index (χ3v) is 5.03. The van der Waals surface area contributed by atoms with E-state index < -0.39 is 6.10 Å². The Morgan fingerprint density at radius 2 is 1.92 bits per heavy atom. The molecule has 0 amide bonds. The minimum atomic E-state index is -0.518. The van der Waals surface area contributed by atoms with E-state index in [0.29, 0.717) is 28.4 Å². The van der Waals surface area contributed by atoms with Crippen LogP contribution >= 0.6 is 11.3 Å². The van der Waals surface area contributed by atoms with Crippen LogP contribution in [0.15, 0.2) is 30.3 Å². The maximum atomic E-state index is 12.6.